The van der Waals surface area contributed by atoms with E-state index in [0.717, 1.165) is 21.0 Å². The topological polar surface area (TPSA) is 66.5 Å². The van der Waals surface area contributed by atoms with Gasteiger partial charge in [0.15, 0.2) is 0 Å². The highest BCUT2D eigenvalue weighted by atomic mass is 35.5. The van der Waals surface area contributed by atoms with Crippen LogP contribution in [0.5, 0.6) is 0 Å². The van der Waals surface area contributed by atoms with Crippen molar-refractivity contribution in [3.63, 3.8) is 0 Å². The zero-order valence-electron chi connectivity index (χ0n) is 19.1. The number of amides is 1. The number of nitrogens with one attached hydrogen (secondary N) is 1. The largest absolute Gasteiger partial charge is 0.344 e. The Morgan fingerprint density at radius 2 is 1.43 bits per heavy atom. The highest BCUT2D eigenvalue weighted by Gasteiger charge is 2.28. The Morgan fingerprint density at radius 1 is 0.829 bits per heavy atom. The molecular weight excluding hydrogens is 480 g/mol. The van der Waals surface area contributed by atoms with E-state index in [1.165, 1.54) is 12.1 Å². The monoisotopic (exact) mass is 504 g/mol. The minimum absolute atomic E-state index is 0.0982. The van der Waals surface area contributed by atoms with Gasteiger partial charge in [0.05, 0.1) is 16.6 Å². The molecule has 178 valence electrons. The number of nitrogens with zero attached hydrogens (tertiary/aromatic N) is 1. The summed E-state index contributed by atoms with van der Waals surface area (Å²) in [6.07, 6.45) is 0. The van der Waals surface area contributed by atoms with Crippen LogP contribution in [0, 0.1) is 6.92 Å². The summed E-state index contributed by atoms with van der Waals surface area (Å²) in [6, 6.07) is 31.5. The zero-order chi connectivity index (χ0) is 24.8. The van der Waals surface area contributed by atoms with Crippen molar-refractivity contribution in [3.05, 3.63) is 131 Å². The van der Waals surface area contributed by atoms with Crippen molar-refractivity contribution in [1.82, 2.24) is 5.32 Å². The maximum atomic E-state index is 13.5. The second-order valence-electron chi connectivity index (χ2n) is 8.13. The van der Waals surface area contributed by atoms with Gasteiger partial charge in [-0.2, -0.15) is 0 Å². The normalized spacial score (nSPS) is 12.1. The Hall–Kier alpha value is -3.61. The number of rotatable bonds is 8. The molecule has 0 radical (unpaired) electrons. The van der Waals surface area contributed by atoms with Crippen LogP contribution >= 0.6 is 11.6 Å². The van der Waals surface area contributed by atoms with Gasteiger partial charge in [-0.05, 0) is 54.4 Å². The molecule has 0 fully saturated rings. The number of carbonyl (C=O) groups is 1. The second kappa shape index (κ2) is 10.8. The fourth-order valence-electron chi connectivity index (χ4n) is 3.83. The van der Waals surface area contributed by atoms with Gasteiger partial charge in [-0.15, -0.1) is 0 Å². The average molecular weight is 505 g/mol. The molecule has 35 heavy (non-hydrogen) atoms. The first kappa shape index (κ1) is 24.5. The van der Waals surface area contributed by atoms with Crippen molar-refractivity contribution >= 4 is 33.2 Å². The van der Waals surface area contributed by atoms with Crippen LogP contribution in [0.2, 0.25) is 5.02 Å². The number of anilines is 1. The summed E-state index contributed by atoms with van der Waals surface area (Å²) in [5.41, 5.74) is 3.22. The predicted molar refractivity (Wildman–Crippen MR) is 140 cm³/mol. The molecule has 0 aliphatic heterocycles. The third-order valence-corrected chi connectivity index (χ3v) is 7.59. The maximum absolute atomic E-state index is 13.5. The molecule has 0 aromatic heterocycles. The molecule has 1 N–H and O–H groups in total. The number of carbonyl (C=O) groups excluding carboxylic acids is 1. The Balaban J connectivity index is 1.68. The van der Waals surface area contributed by atoms with Gasteiger partial charge >= 0.3 is 0 Å². The van der Waals surface area contributed by atoms with Gasteiger partial charge in [-0.1, -0.05) is 90.0 Å². The minimum Gasteiger partial charge on any atom is -0.344 e. The van der Waals surface area contributed by atoms with Crippen LogP contribution in [0.4, 0.5) is 5.69 Å². The Morgan fingerprint density at radius 3 is 2.06 bits per heavy atom. The molecule has 1 atom stereocenters. The highest BCUT2D eigenvalue weighted by molar-refractivity contribution is 7.92. The van der Waals surface area contributed by atoms with Crippen molar-refractivity contribution in [3.8, 4) is 0 Å². The van der Waals surface area contributed by atoms with E-state index in [0.29, 0.717) is 10.7 Å². The van der Waals surface area contributed by atoms with Crippen molar-refractivity contribution < 1.29 is 13.2 Å². The van der Waals surface area contributed by atoms with Gasteiger partial charge in [0.25, 0.3) is 10.0 Å². The summed E-state index contributed by atoms with van der Waals surface area (Å²) >= 11 is 6.02. The van der Waals surface area contributed by atoms with E-state index in [4.69, 9.17) is 11.6 Å². The van der Waals surface area contributed by atoms with Crippen LogP contribution in [0.25, 0.3) is 0 Å². The summed E-state index contributed by atoms with van der Waals surface area (Å²) in [5, 5.41) is 3.51. The van der Waals surface area contributed by atoms with Crippen LogP contribution in [-0.2, 0) is 14.8 Å². The molecule has 0 saturated carbocycles. The van der Waals surface area contributed by atoms with Gasteiger partial charge in [-0.3, -0.25) is 9.10 Å². The zero-order valence-corrected chi connectivity index (χ0v) is 20.7. The van der Waals surface area contributed by atoms with Crippen LogP contribution < -0.4 is 9.62 Å². The molecule has 0 saturated heterocycles. The molecule has 0 aliphatic rings. The van der Waals surface area contributed by atoms with Gasteiger partial charge in [-0.25, -0.2) is 8.42 Å². The van der Waals surface area contributed by atoms with E-state index in [9.17, 15) is 13.2 Å². The summed E-state index contributed by atoms with van der Waals surface area (Å²) in [4.78, 5) is 13.5. The lowest BCUT2D eigenvalue weighted by molar-refractivity contribution is -0.120. The lowest BCUT2D eigenvalue weighted by atomic mass is 9.97. The third-order valence-electron chi connectivity index (χ3n) is 5.55. The number of halogens is 1. The molecule has 4 rings (SSSR count). The first-order valence-corrected chi connectivity index (χ1v) is 12.9. The fourth-order valence-corrected chi connectivity index (χ4v) is 5.40. The lowest BCUT2D eigenvalue weighted by Gasteiger charge is -2.26. The molecule has 0 heterocycles. The van der Waals surface area contributed by atoms with Gasteiger partial charge in [0.2, 0.25) is 5.91 Å². The highest BCUT2D eigenvalue weighted by Crippen LogP contribution is 2.26. The molecule has 0 aliphatic carbocycles. The maximum Gasteiger partial charge on any atom is 0.264 e. The Bertz CT molecular complexity index is 1390. The standard InChI is InChI=1S/C28H25ClN2O3S/c1-21-9-8-12-23(19-21)28(22-10-4-2-5-11-22)30-27(32)20-31(25-17-15-24(29)16-18-25)35(33,34)26-13-6-3-7-14-26/h2-19,28H,20H2,1H3,(H,30,32). The van der Waals surface area contributed by atoms with Crippen LogP contribution in [0.1, 0.15) is 22.7 Å². The van der Waals surface area contributed by atoms with Crippen molar-refractivity contribution in [2.45, 2.75) is 17.9 Å². The van der Waals surface area contributed by atoms with Crippen molar-refractivity contribution in [2.24, 2.45) is 0 Å². The summed E-state index contributed by atoms with van der Waals surface area (Å²) in [6.45, 7) is 1.59. The molecule has 1 amide bonds. The average Bonchev–Trinajstić information content (AvgIpc) is 2.87. The molecule has 1 unspecified atom stereocenters. The van der Waals surface area contributed by atoms with Crippen LogP contribution in [0.15, 0.2) is 114 Å². The second-order valence-corrected chi connectivity index (χ2v) is 10.4. The molecule has 0 spiro atoms. The summed E-state index contributed by atoms with van der Waals surface area (Å²) in [7, 11) is -4.00. The Kier molecular flexibility index (Phi) is 7.54. The van der Waals surface area contributed by atoms with E-state index >= 15 is 0 Å². The molecule has 0 bridgehead atoms. The van der Waals surface area contributed by atoms with Crippen LogP contribution in [-0.4, -0.2) is 20.9 Å². The lowest BCUT2D eigenvalue weighted by Crippen LogP contribution is -2.42. The minimum atomic E-state index is -4.00. The van der Waals surface area contributed by atoms with E-state index in [1.807, 2.05) is 61.5 Å². The fraction of sp³-hybridized carbons (Fsp3) is 0.107. The summed E-state index contributed by atoms with van der Waals surface area (Å²) in [5.74, 6) is -0.435. The van der Waals surface area contributed by atoms with E-state index < -0.39 is 28.5 Å². The Labute approximate surface area is 211 Å². The van der Waals surface area contributed by atoms with Crippen molar-refractivity contribution in [1.29, 1.82) is 0 Å². The van der Waals surface area contributed by atoms with Crippen molar-refractivity contribution in [2.75, 3.05) is 10.8 Å². The molecule has 4 aromatic rings. The van der Waals surface area contributed by atoms with Crippen LogP contribution in [0.3, 0.4) is 0 Å². The SMILES string of the molecule is Cc1cccc(C(NC(=O)CN(c2ccc(Cl)cc2)S(=O)(=O)c2ccccc2)c2ccccc2)c1. The molecule has 7 heteroatoms. The number of hydrogen-bond donors (Lipinski definition) is 1. The third kappa shape index (κ3) is 5.91. The van der Waals surface area contributed by atoms with E-state index in [-0.39, 0.29) is 4.90 Å². The number of sulfonamides is 1. The smallest absolute Gasteiger partial charge is 0.264 e. The molecular formula is C28H25ClN2O3S. The van der Waals surface area contributed by atoms with Gasteiger partial charge in [0, 0.05) is 5.02 Å². The summed E-state index contributed by atoms with van der Waals surface area (Å²) < 4.78 is 28.2. The number of hydrogen-bond acceptors (Lipinski definition) is 3. The first-order valence-electron chi connectivity index (χ1n) is 11.1. The predicted octanol–water partition coefficient (Wildman–Crippen LogP) is 5.75. The number of aryl methyl sites for hydroxylation is 1. The van der Waals surface area contributed by atoms with Gasteiger partial charge < -0.3 is 5.32 Å². The van der Waals surface area contributed by atoms with E-state index in [1.54, 1.807) is 42.5 Å². The van der Waals surface area contributed by atoms with Gasteiger partial charge in [0.1, 0.15) is 6.54 Å². The van der Waals surface area contributed by atoms with E-state index in [2.05, 4.69) is 5.32 Å². The molecule has 5 nitrogen and oxygen atoms in total. The number of benzene rings is 4. The quantitative estimate of drug-likeness (QED) is 0.332. The molecule has 4 aromatic carbocycles. The first-order chi connectivity index (χ1) is 16.8.